The maximum Gasteiger partial charge on any atom is 0.122 e. The fourth-order valence-electron chi connectivity index (χ4n) is 2.45. The van der Waals surface area contributed by atoms with Gasteiger partial charge in [-0.3, -0.25) is 0 Å². The largest absolute Gasteiger partial charge is 0.496 e. The van der Waals surface area contributed by atoms with Gasteiger partial charge >= 0.3 is 0 Å². The molecule has 1 fully saturated rings. The van der Waals surface area contributed by atoms with Crippen LogP contribution < -0.4 is 4.74 Å². The van der Waals surface area contributed by atoms with Gasteiger partial charge in [-0.1, -0.05) is 24.4 Å². The first kappa shape index (κ1) is 11.7. The quantitative estimate of drug-likeness (QED) is 0.879. The number of ether oxygens (including phenoxy) is 1. The highest BCUT2D eigenvalue weighted by Crippen LogP contribution is 2.35. The zero-order valence-electron chi connectivity index (χ0n) is 9.50. The zero-order valence-corrected chi connectivity index (χ0v) is 10.3. The van der Waals surface area contributed by atoms with Crippen LogP contribution in [0.4, 0.5) is 0 Å². The minimum absolute atomic E-state index is 0.558. The lowest BCUT2D eigenvalue weighted by Gasteiger charge is -2.23. The number of benzene rings is 1. The number of methoxy groups -OCH3 is 1. The van der Waals surface area contributed by atoms with E-state index in [1.165, 1.54) is 0 Å². The summed E-state index contributed by atoms with van der Waals surface area (Å²) in [6, 6.07) is 5.55. The van der Waals surface area contributed by atoms with E-state index in [1.54, 1.807) is 7.11 Å². The molecule has 1 aliphatic rings. The molecule has 0 unspecified atom stereocenters. The summed E-state index contributed by atoms with van der Waals surface area (Å²) in [5.41, 5.74) is 0.442. The standard InChI is InChI=1S/C13H17ClO2/c1-16-12-5-4-11(14)8-10(12)9-13(15)6-2-3-7-13/h4-5,8,15H,2-3,6-7,9H2,1H3. The number of halogens is 1. The molecule has 0 heterocycles. The van der Waals surface area contributed by atoms with Crippen LogP contribution in [0.15, 0.2) is 18.2 Å². The van der Waals surface area contributed by atoms with E-state index in [2.05, 4.69) is 0 Å². The molecule has 1 aliphatic carbocycles. The van der Waals surface area contributed by atoms with Crippen LogP contribution in [0.3, 0.4) is 0 Å². The highest BCUT2D eigenvalue weighted by atomic mass is 35.5. The van der Waals surface area contributed by atoms with E-state index in [0.717, 1.165) is 37.0 Å². The van der Waals surface area contributed by atoms with Crippen molar-refractivity contribution < 1.29 is 9.84 Å². The molecule has 3 heteroatoms. The fraction of sp³-hybridized carbons (Fsp3) is 0.538. The second-order valence-electron chi connectivity index (χ2n) is 4.56. The molecule has 0 saturated heterocycles. The normalized spacial score (nSPS) is 18.7. The Morgan fingerprint density at radius 2 is 2.06 bits per heavy atom. The maximum absolute atomic E-state index is 10.4. The number of hydrogen-bond donors (Lipinski definition) is 1. The van der Waals surface area contributed by atoms with Gasteiger partial charge in [-0.2, -0.15) is 0 Å². The van der Waals surface area contributed by atoms with Crippen LogP contribution in [0.25, 0.3) is 0 Å². The third kappa shape index (κ3) is 2.50. The summed E-state index contributed by atoms with van der Waals surface area (Å²) >= 11 is 5.97. The van der Waals surface area contributed by atoms with Gasteiger partial charge in [-0.15, -0.1) is 0 Å². The van der Waals surface area contributed by atoms with Gasteiger partial charge in [0.15, 0.2) is 0 Å². The minimum Gasteiger partial charge on any atom is -0.496 e. The molecule has 0 aliphatic heterocycles. The van der Waals surface area contributed by atoms with Gasteiger partial charge < -0.3 is 9.84 Å². The lowest BCUT2D eigenvalue weighted by atomic mass is 9.92. The number of hydrogen-bond acceptors (Lipinski definition) is 2. The van der Waals surface area contributed by atoms with E-state index in [-0.39, 0.29) is 0 Å². The maximum atomic E-state index is 10.4. The van der Waals surface area contributed by atoms with Crippen LogP contribution in [-0.2, 0) is 6.42 Å². The molecule has 2 rings (SSSR count). The van der Waals surface area contributed by atoms with Crippen molar-refractivity contribution in [1.29, 1.82) is 0 Å². The van der Waals surface area contributed by atoms with Gasteiger partial charge in [0.1, 0.15) is 5.75 Å². The molecule has 1 saturated carbocycles. The molecule has 0 radical (unpaired) electrons. The van der Waals surface area contributed by atoms with Crippen LogP contribution in [0.5, 0.6) is 5.75 Å². The zero-order chi connectivity index (χ0) is 11.6. The second kappa shape index (κ2) is 4.64. The Labute approximate surface area is 101 Å². The van der Waals surface area contributed by atoms with E-state index >= 15 is 0 Å². The van der Waals surface area contributed by atoms with Crippen molar-refractivity contribution in [2.24, 2.45) is 0 Å². The predicted molar refractivity (Wildman–Crippen MR) is 65.1 cm³/mol. The third-order valence-corrected chi connectivity index (χ3v) is 3.53. The van der Waals surface area contributed by atoms with Crippen LogP contribution in [0.1, 0.15) is 31.2 Å². The summed E-state index contributed by atoms with van der Waals surface area (Å²) in [7, 11) is 1.64. The average Bonchev–Trinajstić information content (AvgIpc) is 2.65. The lowest BCUT2D eigenvalue weighted by molar-refractivity contribution is 0.0476. The summed E-state index contributed by atoms with van der Waals surface area (Å²) in [5.74, 6) is 0.810. The monoisotopic (exact) mass is 240 g/mol. The summed E-state index contributed by atoms with van der Waals surface area (Å²) < 4.78 is 5.29. The summed E-state index contributed by atoms with van der Waals surface area (Å²) in [4.78, 5) is 0. The topological polar surface area (TPSA) is 29.5 Å². The Hall–Kier alpha value is -0.730. The van der Waals surface area contributed by atoms with Gasteiger partial charge in [-0.05, 0) is 36.6 Å². The van der Waals surface area contributed by atoms with E-state index < -0.39 is 5.60 Å². The third-order valence-electron chi connectivity index (χ3n) is 3.30. The van der Waals surface area contributed by atoms with Crippen molar-refractivity contribution in [3.05, 3.63) is 28.8 Å². The molecule has 0 aromatic heterocycles. The Morgan fingerprint density at radius 3 is 2.69 bits per heavy atom. The Balaban J connectivity index is 2.22. The van der Waals surface area contributed by atoms with Crippen molar-refractivity contribution >= 4 is 11.6 Å². The van der Waals surface area contributed by atoms with E-state index in [1.807, 2.05) is 18.2 Å². The highest BCUT2D eigenvalue weighted by Gasteiger charge is 2.32. The Kier molecular flexibility index (Phi) is 3.41. The molecule has 0 spiro atoms. The van der Waals surface area contributed by atoms with Crippen LogP contribution in [0.2, 0.25) is 5.02 Å². The second-order valence-corrected chi connectivity index (χ2v) is 5.00. The van der Waals surface area contributed by atoms with Crippen LogP contribution >= 0.6 is 11.6 Å². The molecule has 1 N–H and O–H groups in total. The van der Waals surface area contributed by atoms with E-state index in [9.17, 15) is 5.11 Å². The van der Waals surface area contributed by atoms with Gasteiger partial charge in [-0.25, -0.2) is 0 Å². The number of aliphatic hydroxyl groups is 1. The smallest absolute Gasteiger partial charge is 0.122 e. The molecule has 1 aromatic rings. The van der Waals surface area contributed by atoms with Crippen molar-refractivity contribution in [2.75, 3.05) is 7.11 Å². The van der Waals surface area contributed by atoms with E-state index in [4.69, 9.17) is 16.3 Å². The minimum atomic E-state index is -0.558. The molecule has 16 heavy (non-hydrogen) atoms. The van der Waals surface area contributed by atoms with Gasteiger partial charge in [0.25, 0.3) is 0 Å². The molecular weight excluding hydrogens is 224 g/mol. The fourth-order valence-corrected chi connectivity index (χ4v) is 2.64. The van der Waals surface area contributed by atoms with Crippen molar-refractivity contribution in [3.63, 3.8) is 0 Å². The van der Waals surface area contributed by atoms with Crippen molar-refractivity contribution in [3.8, 4) is 5.75 Å². The highest BCUT2D eigenvalue weighted by molar-refractivity contribution is 6.30. The van der Waals surface area contributed by atoms with Crippen molar-refractivity contribution in [2.45, 2.75) is 37.7 Å². The molecule has 1 aromatic carbocycles. The van der Waals surface area contributed by atoms with Gasteiger partial charge in [0.2, 0.25) is 0 Å². The average molecular weight is 241 g/mol. The molecule has 0 amide bonds. The molecule has 88 valence electrons. The van der Waals surface area contributed by atoms with Crippen molar-refractivity contribution in [1.82, 2.24) is 0 Å². The SMILES string of the molecule is COc1ccc(Cl)cc1CC1(O)CCCC1. The predicted octanol–water partition coefficient (Wildman–Crippen LogP) is 3.20. The summed E-state index contributed by atoms with van der Waals surface area (Å²) in [6.07, 6.45) is 4.61. The molecule has 0 atom stereocenters. The van der Waals surface area contributed by atoms with Crippen LogP contribution in [-0.4, -0.2) is 17.8 Å². The van der Waals surface area contributed by atoms with E-state index in [0.29, 0.717) is 11.4 Å². The molecular formula is C13H17ClO2. The first-order chi connectivity index (χ1) is 7.63. The summed E-state index contributed by atoms with van der Waals surface area (Å²) in [6.45, 7) is 0. The first-order valence-corrected chi connectivity index (χ1v) is 6.06. The first-order valence-electron chi connectivity index (χ1n) is 5.68. The Bertz CT molecular complexity index is 370. The summed E-state index contributed by atoms with van der Waals surface area (Å²) in [5, 5.41) is 11.0. The van der Waals surface area contributed by atoms with Gasteiger partial charge in [0.05, 0.1) is 12.7 Å². The Morgan fingerprint density at radius 1 is 1.38 bits per heavy atom. The van der Waals surface area contributed by atoms with Crippen LogP contribution in [0, 0.1) is 0 Å². The molecule has 2 nitrogen and oxygen atoms in total. The van der Waals surface area contributed by atoms with Gasteiger partial charge in [0, 0.05) is 11.4 Å². The lowest BCUT2D eigenvalue weighted by Crippen LogP contribution is -2.27. The number of rotatable bonds is 3. The molecule has 0 bridgehead atoms.